The van der Waals surface area contributed by atoms with Crippen LogP contribution in [0.4, 0.5) is 0 Å². The summed E-state index contributed by atoms with van der Waals surface area (Å²) in [5.41, 5.74) is 2.05. The number of ether oxygens (including phenoxy) is 3. The number of para-hydroxylation sites is 2. The molecule has 2 heterocycles. The van der Waals surface area contributed by atoms with Gasteiger partial charge in [-0.3, -0.25) is 4.99 Å². The molecule has 33 heavy (non-hydrogen) atoms. The van der Waals surface area contributed by atoms with Crippen LogP contribution in [-0.4, -0.2) is 37.6 Å². The molecule has 0 spiro atoms. The number of pyridine rings is 1. The van der Waals surface area contributed by atoms with E-state index >= 15 is 0 Å². The summed E-state index contributed by atoms with van der Waals surface area (Å²) in [6.45, 7) is 2.17. The van der Waals surface area contributed by atoms with Crippen LogP contribution in [0.25, 0.3) is 0 Å². The van der Waals surface area contributed by atoms with Crippen molar-refractivity contribution in [3.63, 3.8) is 0 Å². The first-order valence-corrected chi connectivity index (χ1v) is 11.6. The number of methoxy groups -OCH3 is 1. The molecule has 6 heteroatoms. The highest BCUT2D eigenvalue weighted by molar-refractivity contribution is 6.00. The summed E-state index contributed by atoms with van der Waals surface area (Å²) in [6.07, 6.45) is 6.88. The number of nitrogens with zero attached hydrogens (tertiary/aromatic N) is 2. The van der Waals surface area contributed by atoms with E-state index in [0.29, 0.717) is 18.2 Å². The van der Waals surface area contributed by atoms with Crippen molar-refractivity contribution in [1.82, 2.24) is 10.3 Å². The van der Waals surface area contributed by atoms with Gasteiger partial charge in [0.25, 0.3) is 0 Å². The molecule has 0 unspecified atom stereocenters. The lowest BCUT2D eigenvalue weighted by molar-refractivity contribution is 0.290. The van der Waals surface area contributed by atoms with E-state index in [9.17, 15) is 0 Å². The molecule has 1 aromatic heterocycles. The van der Waals surface area contributed by atoms with E-state index in [1.165, 1.54) is 5.56 Å². The standard InChI is InChI=1S/C27H31N3O3/c1-31-22-11-8-10-21(20-22)15-18-29-26-23-12-9-17-30-27(23)33-25-14-5-4-13-24(25)32-19-7-3-2-6-16-28-26/h4-5,8-14,17,20H,2-3,6-7,15-16,18-19H2,1H3,(H,28,29). The number of rotatable bonds is 4. The van der Waals surface area contributed by atoms with Crippen molar-refractivity contribution in [2.45, 2.75) is 32.1 Å². The van der Waals surface area contributed by atoms with Crippen LogP contribution in [0.2, 0.25) is 0 Å². The number of aromatic nitrogens is 1. The predicted molar refractivity (Wildman–Crippen MR) is 131 cm³/mol. The Balaban J connectivity index is 1.56. The molecule has 6 nitrogen and oxygen atoms in total. The zero-order chi connectivity index (χ0) is 22.7. The third-order valence-corrected chi connectivity index (χ3v) is 5.50. The first-order chi connectivity index (χ1) is 16.3. The van der Waals surface area contributed by atoms with Gasteiger partial charge < -0.3 is 19.5 Å². The first-order valence-electron chi connectivity index (χ1n) is 11.6. The molecule has 0 saturated heterocycles. The zero-order valence-corrected chi connectivity index (χ0v) is 19.1. The number of amidine groups is 1. The maximum absolute atomic E-state index is 6.24. The molecule has 3 aromatic rings. The van der Waals surface area contributed by atoms with Crippen molar-refractivity contribution in [2.75, 3.05) is 26.8 Å². The van der Waals surface area contributed by atoms with Crippen LogP contribution in [-0.2, 0) is 6.42 Å². The highest BCUT2D eigenvalue weighted by Gasteiger charge is 2.15. The van der Waals surface area contributed by atoms with Crippen molar-refractivity contribution < 1.29 is 14.2 Å². The van der Waals surface area contributed by atoms with Crippen molar-refractivity contribution in [2.24, 2.45) is 4.99 Å². The molecule has 0 radical (unpaired) electrons. The molecule has 0 fully saturated rings. The van der Waals surface area contributed by atoms with Gasteiger partial charge in [0, 0.05) is 19.3 Å². The van der Waals surface area contributed by atoms with Crippen LogP contribution in [0.15, 0.2) is 71.9 Å². The van der Waals surface area contributed by atoms with E-state index in [4.69, 9.17) is 19.2 Å². The van der Waals surface area contributed by atoms with Gasteiger partial charge in [-0.25, -0.2) is 4.98 Å². The van der Waals surface area contributed by atoms with Crippen LogP contribution in [0.3, 0.4) is 0 Å². The van der Waals surface area contributed by atoms with Gasteiger partial charge in [-0.05, 0) is 67.6 Å². The fourth-order valence-corrected chi connectivity index (χ4v) is 3.74. The molecule has 2 aromatic carbocycles. The second kappa shape index (κ2) is 11.9. The van der Waals surface area contributed by atoms with Crippen molar-refractivity contribution in [3.05, 3.63) is 78.0 Å². The summed E-state index contributed by atoms with van der Waals surface area (Å²) in [6, 6.07) is 19.8. The topological polar surface area (TPSA) is 65.0 Å². The van der Waals surface area contributed by atoms with E-state index in [1.54, 1.807) is 13.3 Å². The summed E-state index contributed by atoms with van der Waals surface area (Å²) in [7, 11) is 1.69. The summed E-state index contributed by atoms with van der Waals surface area (Å²) in [5.74, 6) is 3.57. The lowest BCUT2D eigenvalue weighted by atomic mass is 10.1. The van der Waals surface area contributed by atoms with Gasteiger partial charge in [-0.2, -0.15) is 0 Å². The Morgan fingerprint density at radius 2 is 1.82 bits per heavy atom. The second-order valence-electron chi connectivity index (χ2n) is 7.93. The van der Waals surface area contributed by atoms with Gasteiger partial charge in [0.05, 0.1) is 19.3 Å². The monoisotopic (exact) mass is 445 g/mol. The molecule has 1 aliphatic rings. The van der Waals surface area contributed by atoms with Gasteiger partial charge in [0.15, 0.2) is 11.5 Å². The number of hydrogen-bond acceptors (Lipinski definition) is 6. The summed E-state index contributed by atoms with van der Waals surface area (Å²) >= 11 is 0. The fraction of sp³-hybridized carbons (Fsp3) is 0.333. The van der Waals surface area contributed by atoms with Gasteiger partial charge in [-0.15, -0.1) is 0 Å². The molecule has 1 N–H and O–H groups in total. The minimum Gasteiger partial charge on any atom is -0.497 e. The molecule has 1 aliphatic heterocycles. The minimum absolute atomic E-state index is 0.512. The van der Waals surface area contributed by atoms with Gasteiger partial charge in [0.1, 0.15) is 11.6 Å². The smallest absolute Gasteiger partial charge is 0.230 e. The van der Waals surface area contributed by atoms with Crippen molar-refractivity contribution in [3.8, 4) is 23.1 Å². The van der Waals surface area contributed by atoms with Gasteiger partial charge in [0.2, 0.25) is 5.88 Å². The quantitative estimate of drug-likeness (QED) is 0.581. The Morgan fingerprint density at radius 3 is 2.73 bits per heavy atom. The molecular formula is C27H31N3O3. The number of nitrogens with one attached hydrogen (secondary N) is 1. The van der Waals surface area contributed by atoms with Crippen LogP contribution in [0, 0.1) is 0 Å². The maximum atomic E-state index is 6.24. The molecule has 0 aliphatic carbocycles. The van der Waals surface area contributed by atoms with Crippen LogP contribution < -0.4 is 19.5 Å². The number of benzene rings is 2. The predicted octanol–water partition coefficient (Wildman–Crippen LogP) is 5.41. The molecule has 172 valence electrons. The van der Waals surface area contributed by atoms with E-state index in [0.717, 1.165) is 68.1 Å². The highest BCUT2D eigenvalue weighted by Crippen LogP contribution is 2.32. The van der Waals surface area contributed by atoms with Crippen LogP contribution in [0.1, 0.15) is 36.8 Å². The van der Waals surface area contributed by atoms with E-state index in [1.807, 2.05) is 48.5 Å². The average Bonchev–Trinajstić information content (AvgIpc) is 2.85. The minimum atomic E-state index is 0.512. The fourth-order valence-electron chi connectivity index (χ4n) is 3.74. The number of fused-ring (bicyclic) bond motifs is 2. The molecule has 4 rings (SSSR count). The van der Waals surface area contributed by atoms with E-state index in [2.05, 4.69) is 22.4 Å². The third kappa shape index (κ3) is 6.48. The van der Waals surface area contributed by atoms with Gasteiger partial charge >= 0.3 is 0 Å². The summed E-state index contributed by atoms with van der Waals surface area (Å²) in [4.78, 5) is 9.42. The van der Waals surface area contributed by atoms with Gasteiger partial charge in [-0.1, -0.05) is 30.7 Å². The second-order valence-corrected chi connectivity index (χ2v) is 7.93. The number of hydrogen-bond donors (Lipinski definition) is 1. The van der Waals surface area contributed by atoms with Crippen molar-refractivity contribution in [1.29, 1.82) is 0 Å². The average molecular weight is 446 g/mol. The Morgan fingerprint density at radius 1 is 0.939 bits per heavy atom. The normalized spacial score (nSPS) is 14.4. The van der Waals surface area contributed by atoms with Crippen LogP contribution in [0.5, 0.6) is 23.1 Å². The molecule has 0 saturated carbocycles. The third-order valence-electron chi connectivity index (χ3n) is 5.50. The van der Waals surface area contributed by atoms with E-state index in [-0.39, 0.29) is 0 Å². The summed E-state index contributed by atoms with van der Waals surface area (Å²) < 4.78 is 17.6. The molecular weight excluding hydrogens is 414 g/mol. The van der Waals surface area contributed by atoms with Crippen molar-refractivity contribution >= 4 is 5.84 Å². The summed E-state index contributed by atoms with van der Waals surface area (Å²) in [5, 5.41) is 3.53. The molecule has 0 bridgehead atoms. The Kier molecular flexibility index (Phi) is 8.17. The van der Waals surface area contributed by atoms with E-state index < -0.39 is 0 Å². The number of aliphatic imine (C=N–C) groups is 1. The largest absolute Gasteiger partial charge is 0.497 e. The Labute approximate surface area is 195 Å². The Hall–Kier alpha value is -3.54. The molecule has 0 amide bonds. The lowest BCUT2D eigenvalue weighted by Crippen LogP contribution is -2.28. The highest BCUT2D eigenvalue weighted by atomic mass is 16.5. The first kappa shape index (κ1) is 22.6. The zero-order valence-electron chi connectivity index (χ0n) is 19.1. The molecule has 0 atom stereocenters. The van der Waals surface area contributed by atoms with Crippen LogP contribution >= 0.6 is 0 Å². The maximum Gasteiger partial charge on any atom is 0.230 e. The lowest BCUT2D eigenvalue weighted by Gasteiger charge is -2.17. The SMILES string of the molecule is COc1cccc(CCNC2=NCCCCCCOc3ccccc3Oc3ncccc32)c1. The Bertz CT molecular complexity index is 1070.